The van der Waals surface area contributed by atoms with Gasteiger partial charge in [0, 0.05) is 29.0 Å². The maximum atomic E-state index is 13.9. The number of nitrogens with two attached hydrogens (primary N) is 1. The molecular formula is C14H16BrClFN3. The average Bonchev–Trinajstić information content (AvgIpc) is 2.69. The molecule has 0 fully saturated rings. The fourth-order valence-electron chi connectivity index (χ4n) is 2.18. The van der Waals surface area contributed by atoms with E-state index < -0.39 is 6.04 Å². The molecule has 20 heavy (non-hydrogen) atoms. The third-order valence-corrected chi connectivity index (χ3v) is 4.21. The molecule has 0 radical (unpaired) electrons. The molecule has 0 amide bonds. The van der Waals surface area contributed by atoms with Gasteiger partial charge in [-0.2, -0.15) is 5.10 Å². The fourth-order valence-corrected chi connectivity index (χ4v) is 2.77. The number of nitrogens with zero attached hydrogens (tertiary/aromatic N) is 2. The minimum Gasteiger partial charge on any atom is -0.324 e. The summed E-state index contributed by atoms with van der Waals surface area (Å²) < 4.78 is 16.5. The molecule has 1 unspecified atom stereocenters. The van der Waals surface area contributed by atoms with E-state index in [4.69, 9.17) is 17.3 Å². The Morgan fingerprint density at radius 2 is 2.20 bits per heavy atom. The standard InChI is InChI=1S/C14H16BrClFN3/c1-3-20-13(14(16)8(2)19-20)7-12(18)10-6-9(15)4-5-11(10)17/h4-6,12H,3,7,18H2,1-2H3. The number of aryl methyl sites for hydroxylation is 2. The van der Waals surface area contributed by atoms with Crippen molar-refractivity contribution in [3.05, 3.63) is 50.5 Å². The van der Waals surface area contributed by atoms with Gasteiger partial charge < -0.3 is 5.73 Å². The summed E-state index contributed by atoms with van der Waals surface area (Å²) in [6.45, 7) is 4.54. The van der Waals surface area contributed by atoms with E-state index in [-0.39, 0.29) is 5.82 Å². The summed E-state index contributed by atoms with van der Waals surface area (Å²) in [6.07, 6.45) is 0.445. The summed E-state index contributed by atoms with van der Waals surface area (Å²) in [5, 5.41) is 4.95. The molecule has 6 heteroatoms. The van der Waals surface area contributed by atoms with E-state index in [9.17, 15) is 4.39 Å². The molecule has 0 saturated carbocycles. The maximum Gasteiger partial charge on any atom is 0.128 e. The number of aromatic nitrogens is 2. The highest BCUT2D eigenvalue weighted by Gasteiger charge is 2.19. The molecule has 0 aliphatic heterocycles. The Hall–Kier alpha value is -0.910. The summed E-state index contributed by atoms with van der Waals surface area (Å²) in [5.41, 5.74) is 8.22. The summed E-state index contributed by atoms with van der Waals surface area (Å²) in [6, 6.07) is 4.29. The highest BCUT2D eigenvalue weighted by atomic mass is 79.9. The molecule has 1 atom stereocenters. The number of rotatable bonds is 4. The monoisotopic (exact) mass is 359 g/mol. The number of hydrogen-bond acceptors (Lipinski definition) is 2. The lowest BCUT2D eigenvalue weighted by atomic mass is 10.0. The minimum absolute atomic E-state index is 0.309. The Labute approximate surface area is 131 Å². The van der Waals surface area contributed by atoms with Gasteiger partial charge in [-0.05, 0) is 32.0 Å². The second kappa shape index (κ2) is 6.24. The summed E-state index contributed by atoms with van der Waals surface area (Å²) in [7, 11) is 0. The van der Waals surface area contributed by atoms with Gasteiger partial charge in [-0.25, -0.2) is 4.39 Å². The van der Waals surface area contributed by atoms with E-state index in [1.807, 2.05) is 18.5 Å². The second-order valence-electron chi connectivity index (χ2n) is 4.64. The van der Waals surface area contributed by atoms with Crippen molar-refractivity contribution >= 4 is 27.5 Å². The molecule has 0 spiro atoms. The molecule has 108 valence electrons. The number of hydrogen-bond donors (Lipinski definition) is 1. The van der Waals surface area contributed by atoms with Crippen LogP contribution in [0.5, 0.6) is 0 Å². The highest BCUT2D eigenvalue weighted by Crippen LogP contribution is 2.27. The second-order valence-corrected chi connectivity index (χ2v) is 5.93. The lowest BCUT2D eigenvalue weighted by molar-refractivity contribution is 0.555. The van der Waals surface area contributed by atoms with Crippen LogP contribution in [0.1, 0.15) is 29.9 Å². The van der Waals surface area contributed by atoms with Crippen LogP contribution >= 0.6 is 27.5 Å². The van der Waals surface area contributed by atoms with Gasteiger partial charge in [0.2, 0.25) is 0 Å². The zero-order chi connectivity index (χ0) is 14.9. The van der Waals surface area contributed by atoms with Crippen LogP contribution in [0.3, 0.4) is 0 Å². The molecule has 3 nitrogen and oxygen atoms in total. The zero-order valence-corrected chi connectivity index (χ0v) is 13.7. The van der Waals surface area contributed by atoms with E-state index in [1.54, 1.807) is 12.1 Å². The van der Waals surface area contributed by atoms with Crippen molar-refractivity contribution in [3.63, 3.8) is 0 Å². The molecule has 2 N–H and O–H groups in total. The van der Waals surface area contributed by atoms with Crippen molar-refractivity contribution in [1.29, 1.82) is 0 Å². The normalized spacial score (nSPS) is 12.7. The quantitative estimate of drug-likeness (QED) is 0.895. The molecule has 1 aromatic heterocycles. The lowest BCUT2D eigenvalue weighted by Crippen LogP contribution is -2.17. The Balaban J connectivity index is 2.32. The number of benzene rings is 1. The largest absolute Gasteiger partial charge is 0.324 e. The van der Waals surface area contributed by atoms with Crippen molar-refractivity contribution in [2.24, 2.45) is 5.73 Å². The first kappa shape index (κ1) is 15.5. The van der Waals surface area contributed by atoms with Crippen molar-refractivity contribution in [2.75, 3.05) is 0 Å². The van der Waals surface area contributed by atoms with Crippen molar-refractivity contribution < 1.29 is 4.39 Å². The summed E-state index contributed by atoms with van der Waals surface area (Å²) >= 11 is 9.58. The predicted octanol–water partition coefficient (Wildman–Crippen LogP) is 4.01. The average molecular weight is 361 g/mol. The summed E-state index contributed by atoms with van der Waals surface area (Å²) in [4.78, 5) is 0. The molecule has 1 heterocycles. The first-order chi connectivity index (χ1) is 9.43. The van der Waals surface area contributed by atoms with Gasteiger partial charge >= 0.3 is 0 Å². The van der Waals surface area contributed by atoms with Gasteiger partial charge in [0.25, 0.3) is 0 Å². The maximum absolute atomic E-state index is 13.9. The molecular weight excluding hydrogens is 345 g/mol. The van der Waals surface area contributed by atoms with Gasteiger partial charge in [-0.3, -0.25) is 4.68 Å². The van der Waals surface area contributed by atoms with E-state index in [0.29, 0.717) is 23.6 Å². The van der Waals surface area contributed by atoms with Crippen LogP contribution in [0.2, 0.25) is 5.02 Å². The zero-order valence-electron chi connectivity index (χ0n) is 11.3. The van der Waals surface area contributed by atoms with E-state index in [0.717, 1.165) is 15.9 Å². The Morgan fingerprint density at radius 3 is 2.85 bits per heavy atom. The predicted molar refractivity (Wildman–Crippen MR) is 82.4 cm³/mol. The van der Waals surface area contributed by atoms with Crippen LogP contribution < -0.4 is 5.73 Å². The molecule has 0 aliphatic carbocycles. The van der Waals surface area contributed by atoms with E-state index in [2.05, 4.69) is 21.0 Å². The van der Waals surface area contributed by atoms with Crippen molar-refractivity contribution in [2.45, 2.75) is 32.9 Å². The van der Waals surface area contributed by atoms with Crippen molar-refractivity contribution in [1.82, 2.24) is 9.78 Å². The third-order valence-electron chi connectivity index (χ3n) is 3.22. The lowest BCUT2D eigenvalue weighted by Gasteiger charge is -2.14. The molecule has 1 aromatic carbocycles. The van der Waals surface area contributed by atoms with Crippen LogP contribution in [0, 0.1) is 12.7 Å². The molecule has 0 bridgehead atoms. The number of halogens is 3. The molecule has 2 rings (SSSR count). The molecule has 0 aliphatic rings. The van der Waals surface area contributed by atoms with E-state index in [1.165, 1.54) is 6.07 Å². The van der Waals surface area contributed by atoms with Crippen molar-refractivity contribution in [3.8, 4) is 0 Å². The smallest absolute Gasteiger partial charge is 0.128 e. The molecule has 0 saturated heterocycles. The van der Waals surface area contributed by atoms with Crippen LogP contribution in [0.4, 0.5) is 4.39 Å². The SMILES string of the molecule is CCn1nc(C)c(Cl)c1CC(N)c1cc(Br)ccc1F. The fraction of sp³-hybridized carbons (Fsp3) is 0.357. The van der Waals surface area contributed by atoms with Crippen LogP contribution in [0.25, 0.3) is 0 Å². The van der Waals surface area contributed by atoms with Gasteiger partial charge in [0.15, 0.2) is 0 Å². The van der Waals surface area contributed by atoms with Crippen LogP contribution in [0.15, 0.2) is 22.7 Å². The first-order valence-corrected chi connectivity index (χ1v) is 7.53. The highest BCUT2D eigenvalue weighted by molar-refractivity contribution is 9.10. The van der Waals surface area contributed by atoms with Gasteiger partial charge in [0.05, 0.1) is 16.4 Å². The Bertz CT molecular complexity index is 627. The Kier molecular flexibility index (Phi) is 4.83. The summed E-state index contributed by atoms with van der Waals surface area (Å²) in [5.74, 6) is -0.309. The van der Waals surface area contributed by atoms with Crippen LogP contribution in [-0.2, 0) is 13.0 Å². The third kappa shape index (κ3) is 3.05. The topological polar surface area (TPSA) is 43.8 Å². The first-order valence-electron chi connectivity index (χ1n) is 6.36. The molecule has 2 aromatic rings. The van der Waals surface area contributed by atoms with Gasteiger partial charge in [-0.15, -0.1) is 0 Å². The minimum atomic E-state index is -0.466. The van der Waals surface area contributed by atoms with Crippen LogP contribution in [-0.4, -0.2) is 9.78 Å². The van der Waals surface area contributed by atoms with Gasteiger partial charge in [0.1, 0.15) is 5.82 Å². The van der Waals surface area contributed by atoms with E-state index >= 15 is 0 Å². The van der Waals surface area contributed by atoms with Gasteiger partial charge in [-0.1, -0.05) is 27.5 Å². The Morgan fingerprint density at radius 1 is 1.50 bits per heavy atom.